The van der Waals surface area contributed by atoms with Crippen LogP contribution in [0, 0.1) is 5.41 Å². The minimum atomic E-state index is -4.24. The highest BCUT2D eigenvalue weighted by atomic mass is 32.2. The van der Waals surface area contributed by atoms with E-state index in [2.05, 4.69) is 4.72 Å². The molecule has 0 radical (unpaired) electrons. The van der Waals surface area contributed by atoms with Crippen LogP contribution in [-0.2, 0) is 19.9 Å². The summed E-state index contributed by atoms with van der Waals surface area (Å²) < 4.78 is 59.7. The lowest BCUT2D eigenvalue weighted by molar-refractivity contribution is 0.0694. The first-order chi connectivity index (χ1) is 20.4. The van der Waals surface area contributed by atoms with Crippen LogP contribution >= 0.6 is 11.3 Å². The molecule has 0 fully saturated rings. The number of sulfonamides is 1. The molecule has 0 amide bonds. The molecule has 0 atom stereocenters. The fraction of sp³-hybridized carbons (Fsp3) is 0. The molecule has 5 rings (SSSR count). The van der Waals surface area contributed by atoms with Gasteiger partial charge in [-0.15, -0.1) is 11.3 Å². The molecule has 0 spiro atoms. The number of nitrogens with two attached hydrogens (primary N) is 1. The Kier molecular flexibility index (Phi) is 8.04. The third-order valence-electron chi connectivity index (χ3n) is 6.25. The highest BCUT2D eigenvalue weighted by Crippen LogP contribution is 2.33. The first kappa shape index (κ1) is 29.5. The minimum Gasteiger partial charge on any atom is -0.478 e. The van der Waals surface area contributed by atoms with Crippen LogP contribution in [0.4, 0.5) is 5.69 Å². The third kappa shape index (κ3) is 6.43. The van der Waals surface area contributed by atoms with E-state index in [-0.39, 0.29) is 36.8 Å². The van der Waals surface area contributed by atoms with E-state index < -0.39 is 25.8 Å². The molecule has 13 heteroatoms. The molecule has 5 aromatic rings. The van der Waals surface area contributed by atoms with Gasteiger partial charge in [0.05, 0.1) is 9.79 Å². The number of anilines is 1. The predicted molar refractivity (Wildman–Crippen MR) is 163 cm³/mol. The average molecular weight is 634 g/mol. The zero-order chi connectivity index (χ0) is 30.8. The second-order valence-electron chi connectivity index (χ2n) is 9.16. The van der Waals surface area contributed by atoms with Gasteiger partial charge in [0, 0.05) is 16.6 Å². The van der Waals surface area contributed by atoms with Gasteiger partial charge in [-0.3, -0.25) is 10.1 Å². The topological polar surface area (TPSA) is 177 Å². The quantitative estimate of drug-likeness (QED) is 0.110. The van der Waals surface area contributed by atoms with Crippen LogP contribution in [0.15, 0.2) is 123 Å². The van der Waals surface area contributed by atoms with Crippen molar-refractivity contribution in [3.63, 3.8) is 0 Å². The zero-order valence-corrected chi connectivity index (χ0v) is 24.5. The summed E-state index contributed by atoms with van der Waals surface area (Å²) in [4.78, 5) is 11.9. The minimum absolute atomic E-state index is 0.0126. The van der Waals surface area contributed by atoms with Crippen molar-refractivity contribution in [2.45, 2.75) is 14.0 Å². The van der Waals surface area contributed by atoms with Crippen LogP contribution in [0.2, 0.25) is 0 Å². The number of sulfone groups is 1. The van der Waals surface area contributed by atoms with Crippen LogP contribution in [0.3, 0.4) is 0 Å². The SMILES string of the molecule is N=C(N)c1ccc(-c2ccc(Oc3ccc(NS(=O)(=O)c4cc(S(=O)(=O)c5ccccc5)cs4)cc3C(=O)O)cc2)cc1. The van der Waals surface area contributed by atoms with E-state index in [9.17, 15) is 26.7 Å². The lowest BCUT2D eigenvalue weighted by Crippen LogP contribution is -2.12. The van der Waals surface area contributed by atoms with Crippen molar-refractivity contribution >= 4 is 48.7 Å². The van der Waals surface area contributed by atoms with E-state index in [0.29, 0.717) is 11.3 Å². The second-order valence-corrected chi connectivity index (χ2v) is 13.9. The molecule has 5 N–H and O–H groups in total. The number of hydrogen-bond acceptors (Lipinski definition) is 8. The van der Waals surface area contributed by atoms with Crippen molar-refractivity contribution in [3.8, 4) is 22.6 Å². The molecule has 0 unspecified atom stereocenters. The molecule has 0 bridgehead atoms. The lowest BCUT2D eigenvalue weighted by Gasteiger charge is -2.12. The van der Waals surface area contributed by atoms with Crippen LogP contribution < -0.4 is 15.2 Å². The molecular weight excluding hydrogens is 611 g/mol. The number of carbonyl (C=O) groups is 1. The van der Waals surface area contributed by atoms with Crippen LogP contribution in [0.25, 0.3) is 11.1 Å². The molecule has 0 aliphatic carbocycles. The van der Waals surface area contributed by atoms with E-state index in [0.717, 1.165) is 34.6 Å². The van der Waals surface area contributed by atoms with Gasteiger partial charge in [-0.25, -0.2) is 21.6 Å². The van der Waals surface area contributed by atoms with Crippen LogP contribution in [0.5, 0.6) is 11.5 Å². The maximum Gasteiger partial charge on any atom is 0.339 e. The Labute approximate surface area is 251 Å². The Morgan fingerprint density at radius 1 is 0.814 bits per heavy atom. The Bertz CT molecular complexity index is 2040. The van der Waals surface area contributed by atoms with Crippen LogP contribution in [0.1, 0.15) is 15.9 Å². The van der Waals surface area contributed by atoms with Gasteiger partial charge in [-0.1, -0.05) is 54.6 Å². The standard InChI is InChI=1S/C30H23N3O7S3/c31-29(32)21-8-6-19(7-9-21)20-10-13-23(14-11-20)40-27-15-12-22(16-26(27)30(34)35)33-43(38,39)28-17-25(18-41-28)42(36,37)24-4-2-1-3-5-24/h1-18,33H,(H3,31,32)(H,34,35). The highest BCUT2D eigenvalue weighted by Gasteiger charge is 2.25. The van der Waals surface area contributed by atoms with Gasteiger partial charge < -0.3 is 15.6 Å². The Balaban J connectivity index is 1.33. The van der Waals surface area contributed by atoms with Gasteiger partial charge in [-0.2, -0.15) is 0 Å². The van der Waals surface area contributed by atoms with E-state index in [4.69, 9.17) is 15.9 Å². The van der Waals surface area contributed by atoms with Gasteiger partial charge in [0.1, 0.15) is 27.1 Å². The summed E-state index contributed by atoms with van der Waals surface area (Å²) in [5.74, 6) is -1.03. The predicted octanol–water partition coefficient (Wildman–Crippen LogP) is 5.82. The summed E-state index contributed by atoms with van der Waals surface area (Å²) >= 11 is 0.728. The third-order valence-corrected chi connectivity index (χ3v) is 11.0. The number of nitrogens with one attached hydrogen (secondary N) is 2. The molecule has 4 aromatic carbocycles. The van der Waals surface area contributed by atoms with Gasteiger partial charge >= 0.3 is 5.97 Å². The average Bonchev–Trinajstić information content (AvgIpc) is 3.51. The summed E-state index contributed by atoms with van der Waals surface area (Å²) in [6.07, 6.45) is 0. The number of carboxylic acids is 1. The molecule has 1 aromatic heterocycles. The summed E-state index contributed by atoms with van der Waals surface area (Å²) in [6, 6.07) is 26.5. The number of nitrogen functional groups attached to an aromatic ring is 1. The van der Waals surface area contributed by atoms with Gasteiger partial charge in [0.15, 0.2) is 0 Å². The number of thiophene rings is 1. The number of hydrogen-bond donors (Lipinski definition) is 4. The van der Waals surface area contributed by atoms with E-state index in [1.54, 1.807) is 54.6 Å². The molecule has 43 heavy (non-hydrogen) atoms. The zero-order valence-electron chi connectivity index (χ0n) is 22.1. The van der Waals surface area contributed by atoms with Gasteiger partial charge in [-0.05, 0) is 59.7 Å². The van der Waals surface area contributed by atoms with E-state index in [1.165, 1.54) is 29.6 Å². The smallest absolute Gasteiger partial charge is 0.339 e. The van der Waals surface area contributed by atoms with E-state index >= 15 is 0 Å². The largest absolute Gasteiger partial charge is 0.478 e. The molecule has 0 aliphatic heterocycles. The maximum absolute atomic E-state index is 13.0. The Morgan fingerprint density at radius 3 is 2.05 bits per heavy atom. The lowest BCUT2D eigenvalue weighted by atomic mass is 10.0. The van der Waals surface area contributed by atoms with Crippen molar-refractivity contribution in [1.29, 1.82) is 5.41 Å². The molecule has 0 saturated heterocycles. The number of rotatable bonds is 10. The molecule has 1 heterocycles. The fourth-order valence-corrected chi connectivity index (χ4v) is 8.01. The van der Waals surface area contributed by atoms with Gasteiger partial charge in [0.2, 0.25) is 9.84 Å². The Morgan fingerprint density at radius 2 is 1.44 bits per heavy atom. The first-order valence-corrected chi connectivity index (χ1v) is 16.3. The van der Waals surface area contributed by atoms with E-state index in [1.807, 2.05) is 12.1 Å². The van der Waals surface area contributed by atoms with Crippen molar-refractivity contribution in [1.82, 2.24) is 0 Å². The first-order valence-electron chi connectivity index (χ1n) is 12.5. The second kappa shape index (κ2) is 11.7. The van der Waals surface area contributed by atoms with Crippen molar-refractivity contribution in [2.24, 2.45) is 5.73 Å². The Hall–Kier alpha value is -4.98. The molecule has 0 saturated carbocycles. The summed E-state index contributed by atoms with van der Waals surface area (Å²) in [5.41, 5.74) is 7.51. The molecule has 218 valence electrons. The fourth-order valence-electron chi connectivity index (χ4n) is 4.06. The van der Waals surface area contributed by atoms with Crippen LogP contribution in [-0.4, -0.2) is 33.7 Å². The number of carboxylic acid groups (broad SMARTS) is 1. The highest BCUT2D eigenvalue weighted by molar-refractivity contribution is 7.95. The number of benzene rings is 4. The maximum atomic E-state index is 13.0. The van der Waals surface area contributed by atoms with Crippen molar-refractivity contribution in [3.05, 3.63) is 120 Å². The number of aromatic carboxylic acids is 1. The molecule has 0 aliphatic rings. The van der Waals surface area contributed by atoms with Crippen molar-refractivity contribution < 1.29 is 31.5 Å². The summed E-state index contributed by atoms with van der Waals surface area (Å²) in [6.45, 7) is 0. The monoisotopic (exact) mass is 633 g/mol. The summed E-state index contributed by atoms with van der Waals surface area (Å²) in [5, 5.41) is 18.5. The normalized spacial score (nSPS) is 11.5. The number of amidine groups is 1. The number of ether oxygens (including phenoxy) is 1. The van der Waals surface area contributed by atoms with Gasteiger partial charge in [0.25, 0.3) is 10.0 Å². The molecule has 10 nitrogen and oxygen atoms in total. The summed E-state index contributed by atoms with van der Waals surface area (Å²) in [7, 11) is -8.15. The van der Waals surface area contributed by atoms with Crippen molar-refractivity contribution in [2.75, 3.05) is 4.72 Å². The molecular formula is C30H23N3O7S3.